The highest BCUT2D eigenvalue weighted by Crippen LogP contribution is 2.24. The van der Waals surface area contributed by atoms with Crippen molar-refractivity contribution >= 4 is 34.6 Å². The number of hydrogen-bond donors (Lipinski definition) is 2. The van der Waals surface area contributed by atoms with E-state index in [0.29, 0.717) is 5.02 Å². The van der Waals surface area contributed by atoms with Crippen LogP contribution in [-0.4, -0.2) is 27.0 Å². The molecule has 1 aromatic heterocycles. The van der Waals surface area contributed by atoms with Gasteiger partial charge in [0, 0.05) is 21.7 Å². The summed E-state index contributed by atoms with van der Waals surface area (Å²) in [6.07, 6.45) is 1.66. The van der Waals surface area contributed by atoms with E-state index in [4.69, 9.17) is 16.6 Å². The number of aromatic amines is 1. The van der Waals surface area contributed by atoms with Crippen molar-refractivity contribution in [2.24, 2.45) is 10.2 Å². The molecule has 0 amide bonds. The van der Waals surface area contributed by atoms with Gasteiger partial charge in [-0.25, -0.2) is 4.98 Å². The van der Waals surface area contributed by atoms with Crippen LogP contribution in [0.1, 0.15) is 16.7 Å². The maximum atomic E-state index is 9.45. The van der Waals surface area contributed by atoms with Gasteiger partial charge in [-0.1, -0.05) is 48.0 Å². The van der Waals surface area contributed by atoms with E-state index in [-0.39, 0.29) is 5.75 Å². The van der Waals surface area contributed by atoms with Crippen molar-refractivity contribution in [2.75, 3.05) is 0 Å². The summed E-state index contributed by atoms with van der Waals surface area (Å²) >= 11 is 6.01. The normalized spacial score (nSPS) is 12.0. The van der Waals surface area contributed by atoms with Crippen molar-refractivity contribution in [3.05, 3.63) is 119 Å². The summed E-state index contributed by atoms with van der Waals surface area (Å²) in [5.41, 5.74) is 6.20. The quantitative estimate of drug-likeness (QED) is 0.238. The van der Waals surface area contributed by atoms with Crippen LogP contribution in [-0.2, 0) is 0 Å². The van der Waals surface area contributed by atoms with E-state index in [1.807, 2.05) is 72.8 Å². The predicted octanol–water partition coefficient (Wildman–Crippen LogP) is 6.46. The summed E-state index contributed by atoms with van der Waals surface area (Å²) in [7, 11) is 0. The SMILES string of the molecule is Oc1ccc(/C=N/N=C(/c2ccccc2)c2ccc3nc(-c4ccc(Cl)cc4)[nH]c3c2)cc1. The first-order valence-electron chi connectivity index (χ1n) is 10.4. The number of imidazole rings is 1. The Hall–Kier alpha value is -4.22. The van der Waals surface area contributed by atoms with Gasteiger partial charge in [-0.05, 0) is 66.2 Å². The Bertz CT molecular complexity index is 1450. The second kappa shape index (κ2) is 9.10. The molecule has 0 bridgehead atoms. The first kappa shape index (κ1) is 20.7. The van der Waals surface area contributed by atoms with E-state index >= 15 is 0 Å². The number of hydrogen-bond acceptors (Lipinski definition) is 4. The molecule has 5 nitrogen and oxygen atoms in total. The molecule has 4 aromatic carbocycles. The molecule has 0 saturated carbocycles. The molecule has 160 valence electrons. The molecule has 5 rings (SSSR count). The molecule has 5 aromatic rings. The van der Waals surface area contributed by atoms with Crippen molar-refractivity contribution in [2.45, 2.75) is 0 Å². The summed E-state index contributed by atoms with van der Waals surface area (Å²) in [5, 5.41) is 19.0. The largest absolute Gasteiger partial charge is 0.508 e. The first-order valence-corrected chi connectivity index (χ1v) is 10.7. The van der Waals surface area contributed by atoms with Crippen LogP contribution in [0.3, 0.4) is 0 Å². The van der Waals surface area contributed by atoms with Gasteiger partial charge in [-0.3, -0.25) is 0 Å². The summed E-state index contributed by atoms with van der Waals surface area (Å²) in [6, 6.07) is 30.3. The molecule has 0 unspecified atom stereocenters. The predicted molar refractivity (Wildman–Crippen MR) is 134 cm³/mol. The van der Waals surface area contributed by atoms with Crippen molar-refractivity contribution in [3.63, 3.8) is 0 Å². The number of phenolic OH excluding ortho intramolecular Hbond substituents is 1. The van der Waals surface area contributed by atoms with Crippen LogP contribution in [0.25, 0.3) is 22.4 Å². The zero-order valence-electron chi connectivity index (χ0n) is 17.5. The lowest BCUT2D eigenvalue weighted by molar-refractivity contribution is 0.475. The van der Waals surface area contributed by atoms with Gasteiger partial charge < -0.3 is 10.1 Å². The topological polar surface area (TPSA) is 73.6 Å². The van der Waals surface area contributed by atoms with Gasteiger partial charge in [0.25, 0.3) is 0 Å². The summed E-state index contributed by atoms with van der Waals surface area (Å²) in [6.45, 7) is 0. The van der Waals surface area contributed by atoms with Crippen LogP contribution in [0.4, 0.5) is 0 Å². The molecular weight excluding hydrogens is 432 g/mol. The number of nitrogens with one attached hydrogen (secondary N) is 1. The monoisotopic (exact) mass is 450 g/mol. The van der Waals surface area contributed by atoms with Crippen molar-refractivity contribution in [1.29, 1.82) is 0 Å². The Morgan fingerprint density at radius 2 is 1.61 bits per heavy atom. The summed E-state index contributed by atoms with van der Waals surface area (Å²) < 4.78 is 0. The Morgan fingerprint density at radius 3 is 2.36 bits per heavy atom. The Labute approximate surface area is 195 Å². The second-order valence-corrected chi connectivity index (χ2v) is 7.91. The van der Waals surface area contributed by atoms with Gasteiger partial charge in [0.05, 0.1) is 17.2 Å². The van der Waals surface area contributed by atoms with Crippen molar-refractivity contribution in [1.82, 2.24) is 9.97 Å². The molecule has 0 saturated heterocycles. The highest BCUT2D eigenvalue weighted by Gasteiger charge is 2.11. The average Bonchev–Trinajstić information content (AvgIpc) is 3.27. The van der Waals surface area contributed by atoms with Gasteiger partial charge in [0.1, 0.15) is 17.3 Å². The molecule has 33 heavy (non-hydrogen) atoms. The molecule has 0 aliphatic heterocycles. The molecule has 0 aliphatic carbocycles. The minimum atomic E-state index is 0.214. The summed E-state index contributed by atoms with van der Waals surface area (Å²) in [4.78, 5) is 8.10. The van der Waals surface area contributed by atoms with Crippen LogP contribution < -0.4 is 0 Å². The average molecular weight is 451 g/mol. The lowest BCUT2D eigenvalue weighted by Gasteiger charge is -2.05. The van der Waals surface area contributed by atoms with Crippen LogP contribution >= 0.6 is 11.6 Å². The molecule has 2 N–H and O–H groups in total. The minimum Gasteiger partial charge on any atom is -0.508 e. The number of H-pyrrole nitrogens is 1. The molecular formula is C27H19ClN4O. The molecule has 1 heterocycles. The highest BCUT2D eigenvalue weighted by atomic mass is 35.5. The number of aromatic nitrogens is 2. The van der Waals surface area contributed by atoms with E-state index in [0.717, 1.165) is 44.8 Å². The fourth-order valence-electron chi connectivity index (χ4n) is 3.49. The molecule has 0 spiro atoms. The van der Waals surface area contributed by atoms with E-state index in [9.17, 15) is 5.11 Å². The zero-order valence-corrected chi connectivity index (χ0v) is 18.2. The molecule has 0 fully saturated rings. The fraction of sp³-hybridized carbons (Fsp3) is 0. The zero-order chi connectivity index (χ0) is 22.6. The Balaban J connectivity index is 1.53. The third-order valence-corrected chi connectivity index (χ3v) is 5.43. The van der Waals surface area contributed by atoms with Crippen LogP contribution in [0.5, 0.6) is 5.75 Å². The Kier molecular flexibility index (Phi) is 5.70. The van der Waals surface area contributed by atoms with Gasteiger partial charge in [0.15, 0.2) is 0 Å². The number of fused-ring (bicyclic) bond motifs is 1. The summed E-state index contributed by atoms with van der Waals surface area (Å²) in [5.74, 6) is 0.994. The smallest absolute Gasteiger partial charge is 0.138 e. The van der Waals surface area contributed by atoms with Crippen molar-refractivity contribution in [3.8, 4) is 17.1 Å². The highest BCUT2D eigenvalue weighted by molar-refractivity contribution is 6.30. The van der Waals surface area contributed by atoms with Gasteiger partial charge in [-0.15, -0.1) is 5.10 Å². The van der Waals surface area contributed by atoms with E-state index in [2.05, 4.69) is 15.2 Å². The van der Waals surface area contributed by atoms with Crippen LogP contribution in [0.15, 0.2) is 107 Å². The fourth-order valence-corrected chi connectivity index (χ4v) is 3.62. The first-order chi connectivity index (χ1) is 16.2. The number of rotatable bonds is 5. The lowest BCUT2D eigenvalue weighted by Crippen LogP contribution is -2.02. The molecule has 0 aliphatic rings. The number of phenols is 1. The maximum Gasteiger partial charge on any atom is 0.138 e. The van der Waals surface area contributed by atoms with Gasteiger partial charge >= 0.3 is 0 Å². The number of halogens is 1. The third kappa shape index (κ3) is 4.68. The Morgan fingerprint density at radius 1 is 0.848 bits per heavy atom. The minimum absolute atomic E-state index is 0.214. The molecule has 6 heteroatoms. The van der Waals surface area contributed by atoms with Crippen LogP contribution in [0.2, 0.25) is 5.02 Å². The number of aromatic hydroxyl groups is 1. The van der Waals surface area contributed by atoms with E-state index in [1.54, 1.807) is 30.5 Å². The third-order valence-electron chi connectivity index (χ3n) is 5.18. The van der Waals surface area contributed by atoms with E-state index < -0.39 is 0 Å². The van der Waals surface area contributed by atoms with E-state index in [1.165, 1.54) is 0 Å². The standard InChI is InChI=1S/C27H19ClN4O/c28-22-11-8-20(9-12-22)27-30-24-15-10-21(16-25(24)31-27)26(19-4-2-1-3-5-19)32-29-17-18-6-13-23(33)14-7-18/h1-17,33H,(H,30,31)/b29-17+,32-26-. The lowest BCUT2D eigenvalue weighted by atomic mass is 10.0. The molecule has 0 atom stereocenters. The van der Waals surface area contributed by atoms with Crippen molar-refractivity contribution < 1.29 is 5.11 Å². The molecule has 0 radical (unpaired) electrons. The maximum absolute atomic E-state index is 9.45. The van der Waals surface area contributed by atoms with Crippen LogP contribution in [0, 0.1) is 0 Å². The van der Waals surface area contributed by atoms with Gasteiger partial charge in [-0.2, -0.15) is 5.10 Å². The number of benzene rings is 4. The second-order valence-electron chi connectivity index (χ2n) is 7.47. The van der Waals surface area contributed by atoms with Gasteiger partial charge in [0.2, 0.25) is 0 Å². The number of nitrogens with zero attached hydrogens (tertiary/aromatic N) is 3.